The molecule has 0 atom stereocenters. The molecule has 0 rings (SSSR count). The molecule has 0 aromatic heterocycles. The van der Waals surface area contributed by atoms with Gasteiger partial charge in [0, 0.05) is 5.54 Å². The highest BCUT2D eigenvalue weighted by Crippen LogP contribution is 1.98. The largest absolute Gasteiger partial charge is 0.326 e. The fraction of sp³-hybridized carbons (Fsp3) is 0.800. The van der Waals surface area contributed by atoms with E-state index in [1.807, 2.05) is 13.8 Å². The minimum Gasteiger partial charge on any atom is -0.326 e. The smallest absolute Gasteiger partial charge is 0.00970 e. The molecule has 37 valence electrons. The third-order valence-electron chi connectivity index (χ3n) is 0.644. The SMILES string of the molecule is [CH2]CC(C)(C)N. The summed E-state index contributed by atoms with van der Waals surface area (Å²) in [6.07, 6.45) is 0.799. The predicted octanol–water partition coefficient (Wildman–Crippen LogP) is 0.948. The highest BCUT2D eigenvalue weighted by molar-refractivity contribution is 4.71. The fourth-order valence-corrected chi connectivity index (χ4v) is 0. The minimum atomic E-state index is -0.0694. The normalized spacial score (nSPS) is 12.0. The van der Waals surface area contributed by atoms with Crippen molar-refractivity contribution in [3.05, 3.63) is 6.92 Å². The van der Waals surface area contributed by atoms with Crippen LogP contribution < -0.4 is 5.73 Å². The third kappa shape index (κ3) is 3.96. The molecular weight excluding hydrogens is 74.1 g/mol. The molecule has 0 unspecified atom stereocenters. The van der Waals surface area contributed by atoms with E-state index in [1.165, 1.54) is 0 Å². The molecule has 2 N–H and O–H groups in total. The molecule has 6 heavy (non-hydrogen) atoms. The molecule has 0 heterocycles. The summed E-state index contributed by atoms with van der Waals surface area (Å²) in [7, 11) is 0. The van der Waals surface area contributed by atoms with E-state index in [0.717, 1.165) is 6.42 Å². The van der Waals surface area contributed by atoms with Crippen LogP contribution in [0.25, 0.3) is 0 Å². The summed E-state index contributed by atoms with van der Waals surface area (Å²) in [6.45, 7) is 7.55. The van der Waals surface area contributed by atoms with Gasteiger partial charge in [0.05, 0.1) is 0 Å². The van der Waals surface area contributed by atoms with Crippen molar-refractivity contribution >= 4 is 0 Å². The van der Waals surface area contributed by atoms with Crippen molar-refractivity contribution < 1.29 is 0 Å². The van der Waals surface area contributed by atoms with Gasteiger partial charge in [0.1, 0.15) is 0 Å². The Morgan fingerprint density at radius 3 is 1.83 bits per heavy atom. The van der Waals surface area contributed by atoms with E-state index in [4.69, 9.17) is 5.73 Å². The molecule has 0 spiro atoms. The van der Waals surface area contributed by atoms with E-state index in [0.29, 0.717) is 0 Å². The quantitative estimate of drug-likeness (QED) is 0.505. The molecule has 0 saturated carbocycles. The minimum absolute atomic E-state index is 0.0694. The Morgan fingerprint density at radius 1 is 1.67 bits per heavy atom. The molecule has 0 aliphatic heterocycles. The van der Waals surface area contributed by atoms with Crippen LogP contribution in [0, 0.1) is 6.92 Å². The topological polar surface area (TPSA) is 26.0 Å². The Kier molecular flexibility index (Phi) is 1.59. The summed E-state index contributed by atoms with van der Waals surface area (Å²) in [4.78, 5) is 0. The first kappa shape index (κ1) is 5.96. The van der Waals surface area contributed by atoms with E-state index in [2.05, 4.69) is 6.92 Å². The van der Waals surface area contributed by atoms with Gasteiger partial charge < -0.3 is 5.73 Å². The number of hydrogen-bond donors (Lipinski definition) is 1. The first-order valence-corrected chi connectivity index (χ1v) is 2.14. The maximum Gasteiger partial charge on any atom is 0.00970 e. The molecule has 0 amide bonds. The van der Waals surface area contributed by atoms with Crippen LogP contribution in [-0.2, 0) is 0 Å². The maximum atomic E-state index is 5.47. The first-order valence-electron chi connectivity index (χ1n) is 2.14. The van der Waals surface area contributed by atoms with Crippen LogP contribution in [0.2, 0.25) is 0 Å². The maximum absolute atomic E-state index is 5.47. The highest BCUT2D eigenvalue weighted by Gasteiger charge is 2.03. The number of hydrogen-bond acceptors (Lipinski definition) is 1. The molecule has 0 aliphatic carbocycles. The Hall–Kier alpha value is -0.0400. The van der Waals surface area contributed by atoms with Crippen LogP contribution in [0.4, 0.5) is 0 Å². The van der Waals surface area contributed by atoms with E-state index in [1.54, 1.807) is 0 Å². The van der Waals surface area contributed by atoms with Crippen molar-refractivity contribution in [1.82, 2.24) is 0 Å². The van der Waals surface area contributed by atoms with Gasteiger partial charge >= 0.3 is 0 Å². The van der Waals surface area contributed by atoms with Crippen molar-refractivity contribution in [1.29, 1.82) is 0 Å². The first-order chi connectivity index (χ1) is 2.56. The molecule has 1 heteroatoms. The Bertz CT molecular complexity index is 33.7. The zero-order chi connectivity index (χ0) is 5.21. The molecule has 1 radical (unpaired) electrons. The van der Waals surface area contributed by atoms with Crippen molar-refractivity contribution in [2.24, 2.45) is 5.73 Å². The third-order valence-corrected chi connectivity index (χ3v) is 0.644. The highest BCUT2D eigenvalue weighted by atomic mass is 14.7. The lowest BCUT2D eigenvalue weighted by Crippen LogP contribution is -2.30. The van der Waals surface area contributed by atoms with Gasteiger partial charge in [-0.15, -0.1) is 0 Å². The summed E-state index contributed by atoms with van der Waals surface area (Å²) < 4.78 is 0. The second-order valence-electron chi connectivity index (χ2n) is 2.24. The summed E-state index contributed by atoms with van der Waals surface area (Å²) in [6, 6.07) is 0. The zero-order valence-electron chi connectivity index (χ0n) is 4.49. The van der Waals surface area contributed by atoms with Crippen molar-refractivity contribution in [2.45, 2.75) is 25.8 Å². The van der Waals surface area contributed by atoms with Gasteiger partial charge in [-0.1, -0.05) is 6.92 Å². The van der Waals surface area contributed by atoms with Crippen molar-refractivity contribution in [3.8, 4) is 0 Å². The standard InChI is InChI=1S/C5H12N/c1-4-5(2,3)6/h1,4,6H2,2-3H3. The van der Waals surface area contributed by atoms with E-state index < -0.39 is 0 Å². The molecule has 1 nitrogen and oxygen atoms in total. The van der Waals surface area contributed by atoms with Crippen LogP contribution in [0.15, 0.2) is 0 Å². The molecule has 0 aromatic rings. The van der Waals surface area contributed by atoms with Gasteiger partial charge in [0.15, 0.2) is 0 Å². The molecule has 0 aliphatic rings. The molecule has 0 saturated heterocycles. The van der Waals surface area contributed by atoms with E-state index in [-0.39, 0.29) is 5.54 Å². The zero-order valence-corrected chi connectivity index (χ0v) is 4.49. The van der Waals surface area contributed by atoms with Gasteiger partial charge in [-0.3, -0.25) is 0 Å². The molecular formula is C5H12N. The van der Waals surface area contributed by atoms with Gasteiger partial charge in [-0.2, -0.15) is 0 Å². The van der Waals surface area contributed by atoms with Crippen molar-refractivity contribution in [3.63, 3.8) is 0 Å². The lowest BCUT2D eigenvalue weighted by molar-refractivity contribution is 0.526. The summed E-state index contributed by atoms with van der Waals surface area (Å²) >= 11 is 0. The van der Waals surface area contributed by atoms with Crippen LogP contribution in [0.1, 0.15) is 20.3 Å². The van der Waals surface area contributed by atoms with E-state index >= 15 is 0 Å². The monoisotopic (exact) mass is 86.1 g/mol. The van der Waals surface area contributed by atoms with Gasteiger partial charge in [0.25, 0.3) is 0 Å². The Labute approximate surface area is 39.5 Å². The van der Waals surface area contributed by atoms with Crippen LogP contribution in [0.5, 0.6) is 0 Å². The van der Waals surface area contributed by atoms with E-state index in [9.17, 15) is 0 Å². The van der Waals surface area contributed by atoms with Crippen LogP contribution >= 0.6 is 0 Å². The summed E-state index contributed by atoms with van der Waals surface area (Å²) in [5.74, 6) is 0. The molecule has 0 aromatic carbocycles. The van der Waals surface area contributed by atoms with Gasteiger partial charge in [-0.05, 0) is 20.3 Å². The van der Waals surface area contributed by atoms with Crippen LogP contribution in [0.3, 0.4) is 0 Å². The average Bonchev–Trinajstić information content (AvgIpc) is 1.35. The lowest BCUT2D eigenvalue weighted by Gasteiger charge is -2.13. The molecule has 0 fully saturated rings. The van der Waals surface area contributed by atoms with Gasteiger partial charge in [0.2, 0.25) is 0 Å². The second-order valence-corrected chi connectivity index (χ2v) is 2.24. The molecule has 0 bridgehead atoms. The lowest BCUT2D eigenvalue weighted by atomic mass is 10.1. The Morgan fingerprint density at radius 2 is 1.83 bits per heavy atom. The average molecular weight is 86.2 g/mol. The fourth-order valence-electron chi connectivity index (χ4n) is 0. The second kappa shape index (κ2) is 1.61. The summed E-state index contributed by atoms with van der Waals surface area (Å²) in [5, 5.41) is 0. The van der Waals surface area contributed by atoms with Crippen molar-refractivity contribution in [2.75, 3.05) is 0 Å². The van der Waals surface area contributed by atoms with Gasteiger partial charge in [-0.25, -0.2) is 0 Å². The number of nitrogens with two attached hydrogens (primary N) is 1. The Balaban J connectivity index is 3.17. The predicted molar refractivity (Wildman–Crippen MR) is 28.2 cm³/mol. The van der Waals surface area contributed by atoms with Crippen LogP contribution in [-0.4, -0.2) is 5.54 Å². The summed E-state index contributed by atoms with van der Waals surface area (Å²) in [5.41, 5.74) is 5.40. The number of rotatable bonds is 1.